The third-order valence-electron chi connectivity index (χ3n) is 8.50. The van der Waals surface area contributed by atoms with E-state index in [2.05, 4.69) is 27.8 Å². The summed E-state index contributed by atoms with van der Waals surface area (Å²) in [5, 5.41) is 5.48. The molecule has 50 heavy (non-hydrogen) atoms. The third kappa shape index (κ3) is 10.5. The Morgan fingerprint density at radius 1 is 0.940 bits per heavy atom. The fourth-order valence-electron chi connectivity index (χ4n) is 5.71. The Morgan fingerprint density at radius 2 is 1.56 bits per heavy atom. The van der Waals surface area contributed by atoms with Gasteiger partial charge in [-0.3, -0.25) is 14.4 Å². The van der Waals surface area contributed by atoms with Gasteiger partial charge in [0.2, 0.25) is 11.8 Å². The van der Waals surface area contributed by atoms with Crippen LogP contribution in [0.5, 0.6) is 5.75 Å². The first-order valence-corrected chi connectivity index (χ1v) is 16.2. The molecule has 3 amide bonds. The zero-order valence-corrected chi connectivity index (χ0v) is 30.1. The number of nitrogens with one attached hydrogen (secondary N) is 2. The number of methoxy groups -OCH3 is 1. The lowest BCUT2D eigenvalue weighted by molar-refractivity contribution is -0.134. The van der Waals surface area contributed by atoms with Crippen LogP contribution in [0.2, 0.25) is 0 Å². The molecule has 0 aliphatic carbocycles. The molecule has 11 nitrogen and oxygen atoms in total. The van der Waals surface area contributed by atoms with E-state index in [1.807, 2.05) is 77.7 Å². The Morgan fingerprint density at radius 3 is 2.16 bits per heavy atom. The van der Waals surface area contributed by atoms with Crippen molar-refractivity contribution in [2.24, 2.45) is 5.73 Å². The molecule has 1 aliphatic rings. The van der Waals surface area contributed by atoms with Crippen LogP contribution in [0.1, 0.15) is 55.3 Å². The summed E-state index contributed by atoms with van der Waals surface area (Å²) < 4.78 is 12.8. The molecular weight excluding hydrogens is 679 g/mol. The second-order valence-electron chi connectivity index (χ2n) is 12.6. The van der Waals surface area contributed by atoms with Crippen LogP contribution in [-0.2, 0) is 25.7 Å². The summed E-state index contributed by atoms with van der Waals surface area (Å²) >= 11 is 0. The number of amides is 3. The molecule has 1 unspecified atom stereocenters. The Bertz CT molecular complexity index is 1660. The van der Waals surface area contributed by atoms with Gasteiger partial charge in [0.05, 0.1) is 32.2 Å². The SMILES string of the molecule is COc1ccc(C2CCN(C(=O)C(c3ccccc3)n3cnc(NC(=O)[C@@H](COCc4ccccc4)NC(=O)C(C)(C)N)c3)CC2)cc1.Cl.Cl. The number of anilines is 1. The van der Waals surface area contributed by atoms with Gasteiger partial charge in [0, 0.05) is 19.3 Å². The number of aromatic nitrogens is 2. The van der Waals surface area contributed by atoms with Crippen LogP contribution in [0, 0.1) is 0 Å². The maximum absolute atomic E-state index is 14.1. The van der Waals surface area contributed by atoms with E-state index >= 15 is 0 Å². The smallest absolute Gasteiger partial charge is 0.250 e. The lowest BCUT2D eigenvalue weighted by Gasteiger charge is -2.35. The van der Waals surface area contributed by atoms with E-state index in [1.54, 1.807) is 31.7 Å². The average Bonchev–Trinajstić information content (AvgIpc) is 3.56. The van der Waals surface area contributed by atoms with Crippen LogP contribution >= 0.6 is 24.8 Å². The zero-order chi connectivity index (χ0) is 34.1. The van der Waals surface area contributed by atoms with Gasteiger partial charge in [-0.05, 0) is 61.4 Å². The summed E-state index contributed by atoms with van der Waals surface area (Å²) in [4.78, 5) is 46.6. The van der Waals surface area contributed by atoms with E-state index in [9.17, 15) is 14.4 Å². The lowest BCUT2D eigenvalue weighted by Crippen LogP contribution is -2.56. The number of carbonyl (C=O) groups is 3. The van der Waals surface area contributed by atoms with Gasteiger partial charge in [-0.1, -0.05) is 72.8 Å². The quantitative estimate of drug-likeness (QED) is 0.174. The number of ether oxygens (including phenoxy) is 2. The van der Waals surface area contributed by atoms with Gasteiger partial charge in [-0.15, -0.1) is 24.8 Å². The molecule has 2 atom stereocenters. The van der Waals surface area contributed by atoms with Gasteiger partial charge in [0.15, 0.2) is 5.82 Å². The molecule has 0 radical (unpaired) electrons. The minimum atomic E-state index is -1.20. The third-order valence-corrected chi connectivity index (χ3v) is 8.50. The van der Waals surface area contributed by atoms with Crippen LogP contribution in [0.25, 0.3) is 0 Å². The van der Waals surface area contributed by atoms with E-state index in [-0.39, 0.29) is 49.8 Å². The van der Waals surface area contributed by atoms with Crippen LogP contribution in [0.15, 0.2) is 97.5 Å². The number of carbonyl (C=O) groups excluding carboxylic acids is 3. The van der Waals surface area contributed by atoms with Crippen molar-refractivity contribution >= 4 is 48.4 Å². The van der Waals surface area contributed by atoms with Crippen molar-refractivity contribution in [2.45, 2.75) is 56.8 Å². The van der Waals surface area contributed by atoms with Crippen LogP contribution < -0.4 is 21.1 Å². The molecule has 0 saturated carbocycles. The molecule has 0 bridgehead atoms. The van der Waals surface area contributed by atoms with Gasteiger partial charge >= 0.3 is 0 Å². The largest absolute Gasteiger partial charge is 0.497 e. The maximum atomic E-state index is 14.1. The molecule has 4 N–H and O–H groups in total. The van der Waals surface area contributed by atoms with Crippen molar-refractivity contribution in [2.75, 3.05) is 32.1 Å². The Balaban J connectivity index is 0.00000338. The van der Waals surface area contributed by atoms with E-state index in [1.165, 1.54) is 11.9 Å². The molecule has 1 fully saturated rings. The fraction of sp³-hybridized carbons (Fsp3) is 0.351. The van der Waals surface area contributed by atoms with E-state index in [0.717, 1.165) is 29.7 Å². The van der Waals surface area contributed by atoms with Crippen molar-refractivity contribution in [3.63, 3.8) is 0 Å². The number of imidazole rings is 1. The summed E-state index contributed by atoms with van der Waals surface area (Å²) in [5.41, 5.74) is 7.77. The minimum Gasteiger partial charge on any atom is -0.497 e. The summed E-state index contributed by atoms with van der Waals surface area (Å²) in [6, 6.07) is 25.5. The molecule has 268 valence electrons. The average molecular weight is 726 g/mol. The van der Waals surface area contributed by atoms with Crippen molar-refractivity contribution in [1.29, 1.82) is 0 Å². The molecule has 1 saturated heterocycles. The minimum absolute atomic E-state index is 0. The number of nitrogens with two attached hydrogens (primary N) is 1. The number of halogens is 2. The number of likely N-dealkylation sites (tertiary alicyclic amines) is 1. The first-order chi connectivity index (χ1) is 23.1. The predicted molar refractivity (Wildman–Crippen MR) is 198 cm³/mol. The van der Waals surface area contributed by atoms with E-state index < -0.39 is 29.4 Å². The molecule has 1 aliphatic heterocycles. The molecule has 3 aromatic carbocycles. The highest BCUT2D eigenvalue weighted by atomic mass is 35.5. The Labute approximate surface area is 305 Å². The normalized spacial score (nSPS) is 14.4. The second kappa shape index (κ2) is 18.5. The summed E-state index contributed by atoms with van der Waals surface area (Å²) in [7, 11) is 1.66. The highest BCUT2D eigenvalue weighted by Gasteiger charge is 2.32. The number of rotatable bonds is 13. The topological polar surface area (TPSA) is 141 Å². The zero-order valence-electron chi connectivity index (χ0n) is 28.5. The van der Waals surface area contributed by atoms with Gasteiger partial charge in [-0.25, -0.2) is 4.98 Å². The standard InChI is InChI=1S/C37H44N6O5.2ClH/c1-37(2,38)36(46)40-31(24-48-23-26-10-6-4-7-11-26)34(44)41-32-22-43(25-39-32)33(29-12-8-5-9-13-29)35(45)42-20-18-28(19-21-42)27-14-16-30(47-3)17-15-27;;/h4-17,22,25,28,31,33H,18-21,23-24,38H2,1-3H3,(H,40,46)(H,41,44);2*1H/t31-,33?;;/m1../s1. The van der Waals surface area contributed by atoms with E-state index in [4.69, 9.17) is 15.2 Å². The molecule has 13 heteroatoms. The Kier molecular flexibility index (Phi) is 14.8. The number of nitrogens with zero attached hydrogens (tertiary/aromatic N) is 3. The highest BCUT2D eigenvalue weighted by molar-refractivity contribution is 5.98. The predicted octanol–water partition coefficient (Wildman–Crippen LogP) is 5.11. The van der Waals surface area contributed by atoms with Gasteiger partial charge < -0.3 is 35.3 Å². The number of benzene rings is 3. The molecular formula is C37H46Cl2N6O5. The molecule has 1 aromatic heterocycles. The van der Waals surface area contributed by atoms with Crippen molar-refractivity contribution in [1.82, 2.24) is 19.8 Å². The molecule has 5 rings (SSSR count). The number of hydrogen-bond donors (Lipinski definition) is 3. The Hall–Kier alpha value is -4.42. The van der Waals surface area contributed by atoms with Crippen LogP contribution in [0.3, 0.4) is 0 Å². The van der Waals surface area contributed by atoms with Crippen LogP contribution in [0.4, 0.5) is 5.82 Å². The fourth-order valence-corrected chi connectivity index (χ4v) is 5.71. The highest BCUT2D eigenvalue weighted by Crippen LogP contribution is 2.31. The number of hydrogen-bond acceptors (Lipinski definition) is 7. The maximum Gasteiger partial charge on any atom is 0.250 e. The number of piperidine rings is 1. The molecule has 2 heterocycles. The first-order valence-electron chi connectivity index (χ1n) is 16.2. The second-order valence-corrected chi connectivity index (χ2v) is 12.6. The monoisotopic (exact) mass is 724 g/mol. The van der Waals surface area contributed by atoms with Crippen molar-refractivity contribution in [3.8, 4) is 5.75 Å². The van der Waals surface area contributed by atoms with Gasteiger partial charge in [-0.2, -0.15) is 0 Å². The summed E-state index contributed by atoms with van der Waals surface area (Å²) in [6.45, 7) is 4.55. The van der Waals surface area contributed by atoms with Gasteiger partial charge in [0.1, 0.15) is 17.8 Å². The summed E-state index contributed by atoms with van der Waals surface area (Å²) in [5.74, 6) is 0.357. The lowest BCUT2D eigenvalue weighted by atomic mass is 9.89. The first kappa shape index (κ1) is 40.0. The molecule has 4 aromatic rings. The molecule has 0 spiro atoms. The summed E-state index contributed by atoms with van der Waals surface area (Å²) in [6.07, 6.45) is 4.87. The van der Waals surface area contributed by atoms with Crippen LogP contribution in [-0.4, -0.2) is 70.6 Å². The van der Waals surface area contributed by atoms with E-state index in [0.29, 0.717) is 19.0 Å². The van der Waals surface area contributed by atoms with Crippen molar-refractivity contribution < 1.29 is 23.9 Å². The van der Waals surface area contributed by atoms with Crippen molar-refractivity contribution in [3.05, 3.63) is 114 Å². The van der Waals surface area contributed by atoms with Gasteiger partial charge in [0.25, 0.3) is 5.91 Å².